The van der Waals surface area contributed by atoms with Crippen LogP contribution in [-0.4, -0.2) is 29.1 Å². The second-order valence-corrected chi connectivity index (χ2v) is 5.49. The van der Waals surface area contributed by atoms with E-state index in [2.05, 4.69) is 34.0 Å². The lowest BCUT2D eigenvalue weighted by Crippen LogP contribution is -2.41. The Labute approximate surface area is 114 Å². The summed E-state index contributed by atoms with van der Waals surface area (Å²) in [5, 5.41) is 3.77. The monoisotopic (exact) mass is 268 g/mol. The molecule has 2 heterocycles. The van der Waals surface area contributed by atoms with E-state index in [1.54, 1.807) is 6.20 Å². The number of hydrogen-bond acceptors (Lipinski definition) is 4. The maximum Gasteiger partial charge on any atom is 0.224 e. The van der Waals surface area contributed by atoms with Crippen LogP contribution in [0.1, 0.15) is 33.6 Å². The molecule has 0 saturated carbocycles. The Hall–Kier alpha value is -1.03. The molecule has 100 valence electrons. The number of hydrogen-bond donors (Lipinski definition) is 1. The summed E-state index contributed by atoms with van der Waals surface area (Å²) < 4.78 is 0. The van der Waals surface area contributed by atoms with Gasteiger partial charge in [0, 0.05) is 19.1 Å². The van der Waals surface area contributed by atoms with Crippen molar-refractivity contribution in [3.63, 3.8) is 0 Å². The quantitative estimate of drug-likeness (QED) is 0.914. The van der Waals surface area contributed by atoms with Crippen LogP contribution in [0.4, 0.5) is 11.8 Å². The molecule has 4 nitrogen and oxygen atoms in total. The largest absolute Gasteiger partial charge is 0.354 e. The summed E-state index contributed by atoms with van der Waals surface area (Å²) in [6.45, 7) is 8.37. The minimum atomic E-state index is 0.489. The number of halogens is 1. The number of piperidine rings is 1. The first-order valence-corrected chi connectivity index (χ1v) is 7.02. The molecule has 1 aromatic heterocycles. The predicted octanol–water partition coefficient (Wildman–Crippen LogP) is 3.19. The molecule has 0 bridgehead atoms. The average Bonchev–Trinajstić information content (AvgIpc) is 2.35. The van der Waals surface area contributed by atoms with Gasteiger partial charge in [-0.15, -0.1) is 0 Å². The molecular formula is C13H21ClN4. The summed E-state index contributed by atoms with van der Waals surface area (Å²) in [5.74, 6) is 2.21. The maximum atomic E-state index is 6.25. The van der Waals surface area contributed by atoms with Crippen molar-refractivity contribution in [3.05, 3.63) is 11.2 Å². The molecule has 0 aliphatic carbocycles. The molecule has 5 heteroatoms. The topological polar surface area (TPSA) is 41.1 Å². The van der Waals surface area contributed by atoms with Gasteiger partial charge >= 0.3 is 0 Å². The van der Waals surface area contributed by atoms with Gasteiger partial charge in [-0.1, -0.05) is 18.5 Å². The van der Waals surface area contributed by atoms with E-state index in [1.807, 2.05) is 6.92 Å². The third-order valence-electron chi connectivity index (χ3n) is 3.45. The van der Waals surface area contributed by atoms with Gasteiger partial charge in [0.05, 0.1) is 6.20 Å². The van der Waals surface area contributed by atoms with Crippen LogP contribution in [0.25, 0.3) is 0 Å². The number of nitrogens with zero attached hydrogens (tertiary/aromatic N) is 3. The Balaban J connectivity index is 2.27. The first kappa shape index (κ1) is 13.4. The fourth-order valence-electron chi connectivity index (χ4n) is 2.39. The lowest BCUT2D eigenvalue weighted by Gasteiger charge is -2.38. The molecular weight excluding hydrogens is 248 g/mol. The normalized spacial score (nSPS) is 24.1. The van der Waals surface area contributed by atoms with Gasteiger partial charge in [-0.2, -0.15) is 4.98 Å². The number of nitrogens with one attached hydrogen (secondary N) is 1. The van der Waals surface area contributed by atoms with Crippen molar-refractivity contribution in [3.8, 4) is 0 Å². The van der Waals surface area contributed by atoms with Crippen molar-refractivity contribution in [2.24, 2.45) is 5.92 Å². The van der Waals surface area contributed by atoms with Crippen LogP contribution in [0.15, 0.2) is 6.20 Å². The zero-order valence-electron chi connectivity index (χ0n) is 11.3. The van der Waals surface area contributed by atoms with Crippen LogP contribution in [0.2, 0.25) is 5.02 Å². The van der Waals surface area contributed by atoms with Crippen LogP contribution in [0, 0.1) is 5.92 Å². The van der Waals surface area contributed by atoms with Crippen LogP contribution in [0.5, 0.6) is 0 Å². The second-order valence-electron chi connectivity index (χ2n) is 5.08. The van der Waals surface area contributed by atoms with Crippen molar-refractivity contribution < 1.29 is 0 Å². The van der Waals surface area contributed by atoms with Gasteiger partial charge in [-0.3, -0.25) is 0 Å². The molecule has 0 spiro atoms. The van der Waals surface area contributed by atoms with Gasteiger partial charge in [-0.05, 0) is 32.6 Å². The van der Waals surface area contributed by atoms with E-state index in [9.17, 15) is 0 Å². The highest BCUT2D eigenvalue weighted by Gasteiger charge is 2.25. The molecule has 0 aromatic carbocycles. The zero-order chi connectivity index (χ0) is 13.1. The molecule has 1 fully saturated rings. The van der Waals surface area contributed by atoms with E-state index >= 15 is 0 Å². The fraction of sp³-hybridized carbons (Fsp3) is 0.692. The maximum absolute atomic E-state index is 6.25. The summed E-state index contributed by atoms with van der Waals surface area (Å²) in [5.41, 5.74) is 0. The van der Waals surface area contributed by atoms with Gasteiger partial charge in [0.25, 0.3) is 0 Å². The van der Waals surface area contributed by atoms with Gasteiger partial charge in [0.2, 0.25) is 5.95 Å². The third kappa shape index (κ3) is 2.86. The second kappa shape index (κ2) is 5.74. The van der Waals surface area contributed by atoms with Gasteiger partial charge in [0.1, 0.15) is 5.02 Å². The van der Waals surface area contributed by atoms with Crippen molar-refractivity contribution in [2.45, 2.75) is 39.7 Å². The summed E-state index contributed by atoms with van der Waals surface area (Å²) in [6.07, 6.45) is 4.16. The first-order valence-electron chi connectivity index (χ1n) is 6.64. The first-order chi connectivity index (χ1) is 8.61. The lowest BCUT2D eigenvalue weighted by molar-refractivity contribution is 0.388. The highest BCUT2D eigenvalue weighted by molar-refractivity contribution is 6.32. The van der Waals surface area contributed by atoms with Crippen molar-refractivity contribution >= 4 is 23.4 Å². The Bertz CT molecular complexity index is 410. The van der Waals surface area contributed by atoms with E-state index in [-0.39, 0.29) is 0 Å². The van der Waals surface area contributed by atoms with E-state index in [0.29, 0.717) is 22.9 Å². The van der Waals surface area contributed by atoms with Crippen LogP contribution in [0.3, 0.4) is 0 Å². The standard InChI is InChI=1S/C13H21ClN4/c1-4-15-13-16-7-11(14)12(17-13)18-8-9(2)5-6-10(18)3/h7,9-10H,4-6,8H2,1-3H3,(H,15,16,17). The summed E-state index contributed by atoms with van der Waals surface area (Å²) in [7, 11) is 0. The minimum Gasteiger partial charge on any atom is -0.354 e. The van der Waals surface area contributed by atoms with Crippen LogP contribution < -0.4 is 10.2 Å². The van der Waals surface area contributed by atoms with Crippen LogP contribution >= 0.6 is 11.6 Å². The Morgan fingerprint density at radius 2 is 2.22 bits per heavy atom. The summed E-state index contributed by atoms with van der Waals surface area (Å²) in [4.78, 5) is 11.0. The molecule has 1 N–H and O–H groups in total. The SMILES string of the molecule is CCNc1ncc(Cl)c(N2CC(C)CCC2C)n1. The summed E-state index contributed by atoms with van der Waals surface area (Å²) in [6, 6.07) is 0.489. The van der Waals surface area contributed by atoms with Crippen LogP contribution in [-0.2, 0) is 0 Å². The molecule has 2 unspecified atom stereocenters. The molecule has 1 aliphatic heterocycles. The molecule has 1 aromatic rings. The Morgan fingerprint density at radius 3 is 2.94 bits per heavy atom. The van der Waals surface area contributed by atoms with E-state index in [1.165, 1.54) is 12.8 Å². The van der Waals surface area contributed by atoms with Gasteiger partial charge in [-0.25, -0.2) is 4.98 Å². The van der Waals surface area contributed by atoms with Crippen molar-refractivity contribution in [1.29, 1.82) is 0 Å². The predicted molar refractivity (Wildman–Crippen MR) is 76.4 cm³/mol. The van der Waals surface area contributed by atoms with E-state index in [4.69, 9.17) is 11.6 Å². The molecule has 18 heavy (non-hydrogen) atoms. The smallest absolute Gasteiger partial charge is 0.224 e. The van der Waals surface area contributed by atoms with Gasteiger partial charge in [0.15, 0.2) is 5.82 Å². The van der Waals surface area contributed by atoms with E-state index in [0.717, 1.165) is 18.9 Å². The highest BCUT2D eigenvalue weighted by Crippen LogP contribution is 2.31. The molecule has 0 amide bonds. The molecule has 1 aliphatic rings. The highest BCUT2D eigenvalue weighted by atomic mass is 35.5. The third-order valence-corrected chi connectivity index (χ3v) is 3.72. The fourth-order valence-corrected chi connectivity index (χ4v) is 2.59. The minimum absolute atomic E-state index is 0.489. The molecule has 1 saturated heterocycles. The lowest BCUT2D eigenvalue weighted by atomic mass is 9.95. The Kier molecular flexibility index (Phi) is 4.27. The van der Waals surface area contributed by atoms with Gasteiger partial charge < -0.3 is 10.2 Å². The van der Waals surface area contributed by atoms with Crippen molar-refractivity contribution in [2.75, 3.05) is 23.3 Å². The van der Waals surface area contributed by atoms with E-state index < -0.39 is 0 Å². The molecule has 0 radical (unpaired) electrons. The number of aromatic nitrogens is 2. The number of anilines is 2. The number of rotatable bonds is 3. The summed E-state index contributed by atoms with van der Waals surface area (Å²) >= 11 is 6.25. The average molecular weight is 269 g/mol. The zero-order valence-corrected chi connectivity index (χ0v) is 12.0. The van der Waals surface area contributed by atoms with Crippen molar-refractivity contribution in [1.82, 2.24) is 9.97 Å². The Morgan fingerprint density at radius 1 is 1.44 bits per heavy atom. The molecule has 2 rings (SSSR count). The molecule has 2 atom stereocenters.